The Balaban J connectivity index is 1.93. The van der Waals surface area contributed by atoms with Crippen LogP contribution in [0.4, 0.5) is 0 Å². The molecule has 0 unspecified atom stereocenters. The highest BCUT2D eigenvalue weighted by atomic mass is 79.9. The Hall–Kier alpha value is -0.670. The van der Waals surface area contributed by atoms with Gasteiger partial charge in [0, 0.05) is 16.1 Å². The van der Waals surface area contributed by atoms with Gasteiger partial charge in [-0.1, -0.05) is 48.0 Å². The molecule has 0 saturated heterocycles. The zero-order valence-electron chi connectivity index (χ0n) is 12.7. The molecule has 1 saturated carbocycles. The minimum absolute atomic E-state index is 0.199. The van der Waals surface area contributed by atoms with E-state index in [0.717, 1.165) is 10.0 Å². The fourth-order valence-corrected chi connectivity index (χ4v) is 3.46. The quantitative estimate of drug-likeness (QED) is 0.752. The van der Waals surface area contributed by atoms with E-state index < -0.39 is 0 Å². The van der Waals surface area contributed by atoms with Gasteiger partial charge in [0.25, 0.3) is 0 Å². The predicted octanol–water partition coefficient (Wildman–Crippen LogP) is 4.53. The van der Waals surface area contributed by atoms with Crippen molar-refractivity contribution < 1.29 is 4.79 Å². The average Bonchev–Trinajstić information content (AvgIpc) is 2.38. The zero-order valence-corrected chi connectivity index (χ0v) is 14.2. The van der Waals surface area contributed by atoms with Crippen LogP contribution in [-0.2, 0) is 0 Å². The van der Waals surface area contributed by atoms with Crippen molar-refractivity contribution in [2.75, 3.05) is 13.6 Å². The molecule has 0 heterocycles. The predicted molar refractivity (Wildman–Crippen MR) is 87.1 cm³/mol. The van der Waals surface area contributed by atoms with E-state index in [1.807, 2.05) is 24.3 Å². The van der Waals surface area contributed by atoms with Gasteiger partial charge in [-0.15, -0.1) is 0 Å². The molecular formula is C17H24BrNO. The van der Waals surface area contributed by atoms with Gasteiger partial charge in [0.05, 0.1) is 6.54 Å². The summed E-state index contributed by atoms with van der Waals surface area (Å²) in [7, 11) is 2.08. The highest BCUT2D eigenvalue weighted by Gasteiger charge is 2.29. The first-order valence-corrected chi connectivity index (χ1v) is 8.16. The molecule has 0 bridgehead atoms. The summed E-state index contributed by atoms with van der Waals surface area (Å²) in [5.41, 5.74) is 1.26. The van der Waals surface area contributed by atoms with E-state index in [1.54, 1.807) is 0 Å². The summed E-state index contributed by atoms with van der Waals surface area (Å²) in [5.74, 6) is 0.199. The first kappa shape index (κ1) is 15.7. The fourth-order valence-electron chi connectivity index (χ4n) is 2.95. The van der Waals surface area contributed by atoms with Crippen molar-refractivity contribution in [3.05, 3.63) is 34.3 Å². The summed E-state index contributed by atoms with van der Waals surface area (Å²) in [6, 6.07) is 8.23. The number of ketones is 1. The number of nitrogens with zero attached hydrogens (tertiary/aromatic N) is 1. The number of carbonyl (C=O) groups is 1. The second-order valence-electron chi connectivity index (χ2n) is 6.71. The molecule has 1 fully saturated rings. The Bertz CT molecular complexity index is 474. The highest BCUT2D eigenvalue weighted by Crippen LogP contribution is 2.36. The molecule has 0 spiro atoms. The Morgan fingerprint density at radius 1 is 1.30 bits per heavy atom. The van der Waals surface area contributed by atoms with E-state index in [2.05, 4.69) is 41.7 Å². The Kier molecular flexibility index (Phi) is 5.03. The smallest absolute Gasteiger partial charge is 0.177 e. The van der Waals surface area contributed by atoms with Crippen LogP contribution in [0.2, 0.25) is 0 Å². The second-order valence-corrected chi connectivity index (χ2v) is 7.57. The molecule has 0 N–H and O–H groups in total. The molecule has 3 heteroatoms. The number of hydrogen-bond acceptors (Lipinski definition) is 2. The molecule has 2 nitrogen and oxygen atoms in total. The molecule has 110 valence electrons. The van der Waals surface area contributed by atoms with Crippen LogP contribution in [0.15, 0.2) is 28.7 Å². The molecule has 2 rings (SSSR count). The maximum absolute atomic E-state index is 12.4. The van der Waals surface area contributed by atoms with Crippen LogP contribution >= 0.6 is 15.9 Å². The molecule has 0 radical (unpaired) electrons. The van der Waals surface area contributed by atoms with E-state index in [-0.39, 0.29) is 5.78 Å². The summed E-state index contributed by atoms with van der Waals surface area (Å²) in [6.07, 6.45) is 4.91. The average molecular weight is 338 g/mol. The zero-order chi connectivity index (χ0) is 14.8. The minimum atomic E-state index is 0.199. The molecule has 20 heavy (non-hydrogen) atoms. The molecule has 1 aromatic carbocycles. The van der Waals surface area contributed by atoms with Gasteiger partial charge in [-0.2, -0.15) is 0 Å². The van der Waals surface area contributed by atoms with Gasteiger partial charge in [0.2, 0.25) is 0 Å². The SMILES string of the molecule is CN(CC(=O)c1ccccc1Br)C1CCC(C)(C)CC1. The van der Waals surface area contributed by atoms with Gasteiger partial charge >= 0.3 is 0 Å². The van der Waals surface area contributed by atoms with Crippen LogP contribution in [0.1, 0.15) is 49.9 Å². The minimum Gasteiger partial charge on any atom is -0.296 e. The van der Waals surface area contributed by atoms with Crippen LogP contribution in [0, 0.1) is 5.41 Å². The van der Waals surface area contributed by atoms with Crippen molar-refractivity contribution in [3.8, 4) is 0 Å². The van der Waals surface area contributed by atoms with Gasteiger partial charge < -0.3 is 0 Å². The van der Waals surface area contributed by atoms with Crippen LogP contribution in [0.25, 0.3) is 0 Å². The van der Waals surface area contributed by atoms with Crippen LogP contribution < -0.4 is 0 Å². The van der Waals surface area contributed by atoms with Gasteiger partial charge in [-0.3, -0.25) is 9.69 Å². The topological polar surface area (TPSA) is 20.3 Å². The largest absolute Gasteiger partial charge is 0.296 e. The van der Waals surface area contributed by atoms with Crippen molar-refractivity contribution in [1.29, 1.82) is 0 Å². The Labute approximate surface area is 130 Å². The molecule has 0 aromatic heterocycles. The van der Waals surface area contributed by atoms with Gasteiger partial charge in [0.15, 0.2) is 5.78 Å². The van der Waals surface area contributed by atoms with Gasteiger partial charge in [-0.25, -0.2) is 0 Å². The fraction of sp³-hybridized carbons (Fsp3) is 0.588. The number of benzene rings is 1. The first-order valence-electron chi connectivity index (χ1n) is 7.37. The highest BCUT2D eigenvalue weighted by molar-refractivity contribution is 9.10. The standard InChI is InChI=1S/C17H24BrNO/c1-17(2)10-8-13(9-11-17)19(3)12-16(20)14-6-4-5-7-15(14)18/h4-7,13H,8-12H2,1-3H3. The van der Waals surface area contributed by atoms with E-state index in [1.165, 1.54) is 25.7 Å². The summed E-state index contributed by atoms with van der Waals surface area (Å²) in [5, 5.41) is 0. The number of rotatable bonds is 4. The number of halogens is 1. The van der Waals surface area contributed by atoms with Crippen molar-refractivity contribution in [1.82, 2.24) is 4.90 Å². The lowest BCUT2D eigenvalue weighted by molar-refractivity contribution is 0.0851. The third kappa shape index (κ3) is 3.92. The third-order valence-corrected chi connectivity index (χ3v) is 5.19. The van der Waals surface area contributed by atoms with Crippen LogP contribution in [0.3, 0.4) is 0 Å². The maximum Gasteiger partial charge on any atom is 0.177 e. The number of likely N-dealkylation sites (N-methyl/N-ethyl adjacent to an activating group) is 1. The van der Waals surface area contributed by atoms with E-state index in [9.17, 15) is 4.79 Å². The summed E-state index contributed by atoms with van der Waals surface area (Å²) in [6.45, 7) is 5.19. The lowest BCUT2D eigenvalue weighted by Gasteiger charge is -2.38. The lowest BCUT2D eigenvalue weighted by atomic mass is 9.75. The van der Waals surface area contributed by atoms with E-state index in [0.29, 0.717) is 18.0 Å². The lowest BCUT2D eigenvalue weighted by Crippen LogP contribution is -2.39. The number of carbonyl (C=O) groups excluding carboxylic acids is 1. The van der Waals surface area contributed by atoms with Crippen molar-refractivity contribution in [3.63, 3.8) is 0 Å². The van der Waals surface area contributed by atoms with E-state index >= 15 is 0 Å². The molecule has 1 aromatic rings. The monoisotopic (exact) mass is 337 g/mol. The van der Waals surface area contributed by atoms with Crippen LogP contribution in [0.5, 0.6) is 0 Å². The van der Waals surface area contributed by atoms with Crippen molar-refractivity contribution in [2.45, 2.75) is 45.6 Å². The molecular weight excluding hydrogens is 314 g/mol. The van der Waals surface area contributed by atoms with Crippen LogP contribution in [-0.4, -0.2) is 30.3 Å². The molecule has 1 aliphatic rings. The second kappa shape index (κ2) is 6.40. The normalized spacial score (nSPS) is 19.2. The summed E-state index contributed by atoms with van der Waals surface area (Å²) < 4.78 is 0.892. The number of hydrogen-bond donors (Lipinski definition) is 0. The molecule has 0 atom stereocenters. The molecule has 1 aliphatic carbocycles. The van der Waals surface area contributed by atoms with Crippen molar-refractivity contribution in [2.24, 2.45) is 5.41 Å². The molecule has 0 amide bonds. The van der Waals surface area contributed by atoms with Gasteiger partial charge in [-0.05, 0) is 44.2 Å². The third-order valence-electron chi connectivity index (χ3n) is 4.50. The van der Waals surface area contributed by atoms with E-state index in [4.69, 9.17) is 0 Å². The number of Topliss-reactive ketones (excluding diaryl/α,β-unsaturated/α-hetero) is 1. The first-order chi connectivity index (χ1) is 9.39. The Morgan fingerprint density at radius 2 is 1.90 bits per heavy atom. The summed E-state index contributed by atoms with van der Waals surface area (Å²) >= 11 is 3.46. The van der Waals surface area contributed by atoms with Gasteiger partial charge in [0.1, 0.15) is 0 Å². The molecule has 0 aliphatic heterocycles. The van der Waals surface area contributed by atoms with Crippen molar-refractivity contribution >= 4 is 21.7 Å². The summed E-state index contributed by atoms with van der Waals surface area (Å²) in [4.78, 5) is 14.6. The maximum atomic E-state index is 12.4. The Morgan fingerprint density at radius 3 is 2.50 bits per heavy atom.